The maximum atomic E-state index is 12.8. The Kier molecular flexibility index (Phi) is 41.5. The number of esters is 2. The summed E-state index contributed by atoms with van der Waals surface area (Å²) < 4.78 is 22.7. The lowest BCUT2D eigenvalue weighted by molar-refractivity contribution is -0.870. The SMILES string of the molecule is CC/C=C\C/C=C\C/C=C\C/C=C\C/C=C\CCCC(=O)OC(COC(=O)CCCCCCCCCCCCCCCCCCCCC)COC(OCC[N+](C)(C)C)C(=O)O. The fraction of sp³-hybridized carbons (Fsp3) is 0.750. The minimum absolute atomic E-state index is 0.176. The molecule has 0 spiro atoms. The molecule has 0 heterocycles. The summed E-state index contributed by atoms with van der Waals surface area (Å²) in [6, 6.07) is 0. The highest BCUT2D eigenvalue weighted by Crippen LogP contribution is 2.15. The number of carboxylic acids is 1. The fourth-order valence-corrected chi connectivity index (χ4v) is 6.52. The van der Waals surface area contributed by atoms with Crippen molar-refractivity contribution >= 4 is 17.9 Å². The number of hydrogen-bond donors (Lipinski definition) is 1. The van der Waals surface area contributed by atoms with Gasteiger partial charge >= 0.3 is 17.9 Å². The van der Waals surface area contributed by atoms with E-state index in [1.54, 1.807) is 0 Å². The van der Waals surface area contributed by atoms with Crippen LogP contribution in [0, 0.1) is 0 Å². The molecule has 0 amide bonds. The predicted molar refractivity (Wildman–Crippen MR) is 253 cm³/mol. The average molecular weight is 859 g/mol. The maximum Gasteiger partial charge on any atom is 0.361 e. The number of aliphatic carboxylic acids is 1. The molecule has 9 nitrogen and oxygen atoms in total. The Labute approximate surface area is 374 Å². The summed E-state index contributed by atoms with van der Waals surface area (Å²) in [5.41, 5.74) is 0. The van der Waals surface area contributed by atoms with Crippen LogP contribution in [0.25, 0.3) is 0 Å². The molecule has 1 N–H and O–H groups in total. The molecule has 0 bridgehead atoms. The smallest absolute Gasteiger partial charge is 0.361 e. The minimum atomic E-state index is -1.52. The van der Waals surface area contributed by atoms with Crippen molar-refractivity contribution in [3.63, 3.8) is 0 Å². The number of rotatable bonds is 44. The van der Waals surface area contributed by atoms with Crippen LogP contribution in [0.5, 0.6) is 0 Å². The standard InChI is InChI=1S/C52H91NO8/c1-6-8-10-12-14-16-18-20-22-24-25-27-28-30-32-34-36-38-40-42-49(54)59-46-48(47-60-52(51(56)57)58-45-44-53(3,4)5)61-50(55)43-41-39-37-35-33-31-29-26-23-21-19-17-15-13-11-9-7-2/h9,11,15,17,21,23,29,31,35,37,48,52H,6-8,10,12-14,16,18-20,22,24-28,30,32-34,36,38-47H2,1-5H3/p+1/b11-9-,17-15-,23-21-,31-29-,37-35-. The van der Waals surface area contributed by atoms with Gasteiger partial charge in [0.15, 0.2) is 6.10 Å². The monoisotopic (exact) mass is 859 g/mol. The first-order chi connectivity index (χ1) is 29.6. The maximum absolute atomic E-state index is 12.8. The number of carbonyl (C=O) groups excluding carboxylic acids is 2. The fourth-order valence-electron chi connectivity index (χ4n) is 6.52. The molecule has 0 aromatic carbocycles. The van der Waals surface area contributed by atoms with Gasteiger partial charge in [-0.05, 0) is 51.4 Å². The van der Waals surface area contributed by atoms with Gasteiger partial charge in [0.2, 0.25) is 0 Å². The molecule has 0 aromatic heterocycles. The van der Waals surface area contributed by atoms with E-state index in [0.29, 0.717) is 23.9 Å². The van der Waals surface area contributed by atoms with Gasteiger partial charge in [-0.1, -0.05) is 190 Å². The summed E-state index contributed by atoms with van der Waals surface area (Å²) in [7, 11) is 5.94. The Hall–Kier alpha value is -3.01. The Morgan fingerprint density at radius 3 is 1.38 bits per heavy atom. The minimum Gasteiger partial charge on any atom is -0.477 e. The number of unbranched alkanes of at least 4 members (excludes halogenated alkanes) is 19. The largest absolute Gasteiger partial charge is 0.477 e. The van der Waals surface area contributed by atoms with Crippen LogP contribution >= 0.6 is 0 Å². The Morgan fingerprint density at radius 1 is 0.508 bits per heavy atom. The van der Waals surface area contributed by atoms with E-state index >= 15 is 0 Å². The van der Waals surface area contributed by atoms with Gasteiger partial charge in [0.1, 0.15) is 13.2 Å². The van der Waals surface area contributed by atoms with Gasteiger partial charge in [-0.25, -0.2) is 4.79 Å². The highest BCUT2D eigenvalue weighted by molar-refractivity contribution is 5.71. The number of nitrogens with zero attached hydrogens (tertiary/aromatic N) is 1. The van der Waals surface area contributed by atoms with Crippen LogP contribution in [0.15, 0.2) is 60.8 Å². The number of quaternary nitrogens is 1. The van der Waals surface area contributed by atoms with E-state index in [1.165, 1.54) is 103 Å². The van der Waals surface area contributed by atoms with Crippen LogP contribution in [0.1, 0.15) is 194 Å². The van der Waals surface area contributed by atoms with Crippen molar-refractivity contribution in [1.82, 2.24) is 0 Å². The van der Waals surface area contributed by atoms with Crippen molar-refractivity contribution in [2.24, 2.45) is 0 Å². The van der Waals surface area contributed by atoms with Crippen LogP contribution in [0.2, 0.25) is 0 Å². The highest BCUT2D eigenvalue weighted by atomic mass is 16.7. The van der Waals surface area contributed by atoms with E-state index in [2.05, 4.69) is 74.6 Å². The highest BCUT2D eigenvalue weighted by Gasteiger charge is 2.25. The molecular weight excluding hydrogens is 767 g/mol. The Morgan fingerprint density at radius 2 is 0.934 bits per heavy atom. The number of carbonyl (C=O) groups is 3. The number of allylic oxidation sites excluding steroid dienone is 10. The van der Waals surface area contributed by atoms with E-state index in [-0.39, 0.29) is 32.2 Å². The van der Waals surface area contributed by atoms with E-state index in [9.17, 15) is 19.5 Å². The molecule has 0 fully saturated rings. The molecule has 352 valence electrons. The quantitative estimate of drug-likeness (QED) is 0.0212. The average Bonchev–Trinajstić information content (AvgIpc) is 3.22. The van der Waals surface area contributed by atoms with Gasteiger partial charge in [0.05, 0.1) is 34.4 Å². The van der Waals surface area contributed by atoms with Crippen LogP contribution < -0.4 is 0 Å². The van der Waals surface area contributed by atoms with Gasteiger partial charge in [-0.2, -0.15) is 0 Å². The molecule has 0 radical (unpaired) electrons. The molecule has 0 aliphatic rings. The first-order valence-electron chi connectivity index (χ1n) is 24.5. The number of likely N-dealkylation sites (N-methyl/N-ethyl adjacent to an activating group) is 1. The molecule has 2 unspecified atom stereocenters. The van der Waals surface area contributed by atoms with E-state index < -0.39 is 24.3 Å². The number of ether oxygens (including phenoxy) is 4. The molecule has 0 rings (SSSR count). The van der Waals surface area contributed by atoms with Gasteiger partial charge < -0.3 is 28.5 Å². The van der Waals surface area contributed by atoms with Crippen LogP contribution in [0.4, 0.5) is 0 Å². The summed E-state index contributed by atoms with van der Waals surface area (Å²) in [6.07, 6.45) is 50.1. The van der Waals surface area contributed by atoms with Gasteiger partial charge in [-0.15, -0.1) is 0 Å². The van der Waals surface area contributed by atoms with Crippen molar-refractivity contribution in [3.8, 4) is 0 Å². The second-order valence-electron chi connectivity index (χ2n) is 17.4. The number of carboxylic acid groups (broad SMARTS) is 1. The summed E-state index contributed by atoms with van der Waals surface area (Å²) in [5.74, 6) is -2.08. The van der Waals surface area contributed by atoms with E-state index in [1.807, 2.05) is 21.1 Å². The molecule has 0 aromatic rings. The lowest BCUT2D eigenvalue weighted by Gasteiger charge is -2.25. The third kappa shape index (κ3) is 44.8. The summed E-state index contributed by atoms with van der Waals surface area (Å²) in [4.78, 5) is 37.2. The zero-order valence-electron chi connectivity index (χ0n) is 39.8. The molecule has 0 saturated heterocycles. The lowest BCUT2D eigenvalue weighted by atomic mass is 10.0. The van der Waals surface area contributed by atoms with Crippen molar-refractivity contribution in [2.45, 2.75) is 206 Å². The van der Waals surface area contributed by atoms with Crippen molar-refractivity contribution in [3.05, 3.63) is 60.8 Å². The topological polar surface area (TPSA) is 108 Å². The summed E-state index contributed by atoms with van der Waals surface area (Å²) >= 11 is 0. The van der Waals surface area contributed by atoms with Crippen molar-refractivity contribution in [1.29, 1.82) is 0 Å². The second kappa shape index (κ2) is 43.6. The van der Waals surface area contributed by atoms with E-state index in [0.717, 1.165) is 57.8 Å². The van der Waals surface area contributed by atoms with Crippen molar-refractivity contribution in [2.75, 3.05) is 47.5 Å². The van der Waals surface area contributed by atoms with Gasteiger partial charge in [0, 0.05) is 12.8 Å². The Bertz CT molecular complexity index is 1180. The molecule has 9 heteroatoms. The molecule has 0 aliphatic heterocycles. The van der Waals surface area contributed by atoms with Crippen LogP contribution in [0.3, 0.4) is 0 Å². The summed E-state index contributed by atoms with van der Waals surface area (Å²) in [6.45, 7) is 4.70. The molecule has 0 aliphatic carbocycles. The molecular formula is C52H92NO8+. The lowest BCUT2D eigenvalue weighted by Crippen LogP contribution is -2.40. The normalized spacial score (nSPS) is 13.4. The third-order valence-electron chi connectivity index (χ3n) is 10.3. The van der Waals surface area contributed by atoms with Crippen molar-refractivity contribution < 1.29 is 42.9 Å². The van der Waals surface area contributed by atoms with Crippen LogP contribution in [-0.4, -0.2) is 87.4 Å². The van der Waals surface area contributed by atoms with Gasteiger partial charge in [0.25, 0.3) is 6.29 Å². The molecule has 61 heavy (non-hydrogen) atoms. The van der Waals surface area contributed by atoms with Gasteiger partial charge in [-0.3, -0.25) is 9.59 Å². The third-order valence-corrected chi connectivity index (χ3v) is 10.3. The first-order valence-corrected chi connectivity index (χ1v) is 24.5. The summed E-state index contributed by atoms with van der Waals surface area (Å²) in [5, 5.41) is 9.65. The van der Waals surface area contributed by atoms with Crippen LogP contribution in [-0.2, 0) is 33.3 Å². The zero-order valence-corrected chi connectivity index (χ0v) is 39.8. The molecule has 0 saturated carbocycles. The van der Waals surface area contributed by atoms with E-state index in [4.69, 9.17) is 18.9 Å². The second-order valence-corrected chi connectivity index (χ2v) is 17.4. The first kappa shape index (κ1) is 58.0. The predicted octanol–water partition coefficient (Wildman–Crippen LogP) is 13.3. The zero-order chi connectivity index (χ0) is 44.9. The number of hydrogen-bond acceptors (Lipinski definition) is 7. The molecule has 2 atom stereocenters. The Balaban J connectivity index is 4.44.